The normalized spacial score (nSPS) is 17.6. The average molecular weight is 540 g/mol. The summed E-state index contributed by atoms with van der Waals surface area (Å²) in [5, 5.41) is 0. The van der Waals surface area contributed by atoms with Gasteiger partial charge in [0.2, 0.25) is 0 Å². The van der Waals surface area contributed by atoms with E-state index in [1.807, 2.05) is 72.8 Å². The summed E-state index contributed by atoms with van der Waals surface area (Å²) in [6.07, 6.45) is 5.32. The highest BCUT2D eigenvalue weighted by Gasteiger charge is 2.35. The lowest BCUT2D eigenvalue weighted by Crippen LogP contribution is -2.39. The molecule has 0 N–H and O–H groups in total. The van der Waals surface area contributed by atoms with Gasteiger partial charge in [0.15, 0.2) is 10.7 Å². The largest absolute Gasteiger partial charge is 0.463 e. The van der Waals surface area contributed by atoms with E-state index >= 15 is 0 Å². The highest BCUT2D eigenvalue weighted by Crippen LogP contribution is 2.35. The van der Waals surface area contributed by atoms with Gasteiger partial charge in [-0.1, -0.05) is 72.0 Å². The molecule has 0 radical (unpaired) electrons. The first kappa shape index (κ1) is 25.1. The maximum absolute atomic E-state index is 13.9. The molecule has 2 aliphatic rings. The first-order chi connectivity index (χ1) is 19.1. The molecular weight excluding hydrogens is 510 g/mol. The summed E-state index contributed by atoms with van der Waals surface area (Å²) in [5.74, 6) is 0.956. The van der Waals surface area contributed by atoms with E-state index in [0.29, 0.717) is 26.4 Å². The Hall–Kier alpha value is -4.17. The number of hydrogen-bond donors (Lipinski definition) is 0. The molecule has 0 amide bonds. The summed E-state index contributed by atoms with van der Waals surface area (Å²) in [7, 11) is 0. The highest BCUT2D eigenvalue weighted by atomic mass is 32.1. The molecule has 6 rings (SSSR count). The summed E-state index contributed by atoms with van der Waals surface area (Å²) in [4.78, 5) is 35.0. The standard InChI is InChI=1S/C31H29N3O4S/c1-2-37-30(36)26-27(21-12-6-3-7-13-21)32-31-34(28(26)22-14-8-4-9-15-22)29(35)24(39-31)20-23-16-17-25(38-23)33-18-10-5-11-19-33/h3-4,6-9,12-17,20,28H,2,5,10-11,18-19H2,1H3/b24-20-/t28-/m0/s1. The number of carbonyl (C=O) groups is 1. The second-order valence-corrected chi connectivity index (χ2v) is 10.6. The van der Waals surface area contributed by atoms with E-state index in [-0.39, 0.29) is 12.2 Å². The van der Waals surface area contributed by atoms with E-state index in [9.17, 15) is 9.59 Å². The zero-order valence-corrected chi connectivity index (χ0v) is 22.5. The number of furan rings is 1. The molecule has 1 atom stereocenters. The number of ether oxygens (including phenoxy) is 1. The van der Waals surface area contributed by atoms with E-state index in [2.05, 4.69) is 4.90 Å². The number of thiazole rings is 1. The molecule has 7 nitrogen and oxygen atoms in total. The van der Waals surface area contributed by atoms with Gasteiger partial charge in [-0.15, -0.1) is 0 Å². The third kappa shape index (κ3) is 4.88. The number of esters is 1. The molecule has 4 heterocycles. The Bertz CT molecular complexity index is 1690. The minimum Gasteiger partial charge on any atom is -0.463 e. The van der Waals surface area contributed by atoms with Gasteiger partial charge in [-0.25, -0.2) is 9.79 Å². The fourth-order valence-corrected chi connectivity index (χ4v) is 6.21. The lowest BCUT2D eigenvalue weighted by molar-refractivity contribution is -0.138. The summed E-state index contributed by atoms with van der Waals surface area (Å²) in [5.41, 5.74) is 2.23. The number of aromatic nitrogens is 1. The van der Waals surface area contributed by atoms with E-state index < -0.39 is 12.0 Å². The van der Waals surface area contributed by atoms with E-state index in [1.165, 1.54) is 17.8 Å². The molecule has 0 spiro atoms. The number of nitrogens with zero attached hydrogens (tertiary/aromatic N) is 3. The van der Waals surface area contributed by atoms with Crippen LogP contribution in [-0.2, 0) is 9.53 Å². The van der Waals surface area contributed by atoms with Gasteiger partial charge in [-0.3, -0.25) is 9.36 Å². The second-order valence-electron chi connectivity index (χ2n) is 9.57. The van der Waals surface area contributed by atoms with Crippen LogP contribution in [0.15, 0.2) is 92.6 Å². The Morgan fingerprint density at radius 2 is 1.74 bits per heavy atom. The Labute approximate surface area is 230 Å². The van der Waals surface area contributed by atoms with Crippen LogP contribution in [0.5, 0.6) is 0 Å². The minimum absolute atomic E-state index is 0.216. The molecule has 1 saturated heterocycles. The number of anilines is 1. The molecule has 2 aromatic carbocycles. The predicted molar refractivity (Wildman–Crippen MR) is 152 cm³/mol. The van der Waals surface area contributed by atoms with Crippen LogP contribution in [-0.4, -0.2) is 30.2 Å². The van der Waals surface area contributed by atoms with E-state index in [0.717, 1.165) is 42.9 Å². The zero-order valence-electron chi connectivity index (χ0n) is 21.7. The predicted octanol–water partition coefficient (Wildman–Crippen LogP) is 4.52. The van der Waals surface area contributed by atoms with Crippen LogP contribution in [0.3, 0.4) is 0 Å². The maximum atomic E-state index is 13.9. The van der Waals surface area contributed by atoms with Crippen molar-refractivity contribution in [2.24, 2.45) is 4.99 Å². The number of fused-ring (bicyclic) bond motifs is 1. The van der Waals surface area contributed by atoms with Gasteiger partial charge in [-0.05, 0) is 37.8 Å². The molecular formula is C31H29N3O4S. The van der Waals surface area contributed by atoms with Crippen molar-refractivity contribution in [3.8, 4) is 0 Å². The molecule has 198 valence electrons. The van der Waals surface area contributed by atoms with Gasteiger partial charge < -0.3 is 14.1 Å². The fraction of sp³-hybridized carbons (Fsp3) is 0.258. The van der Waals surface area contributed by atoms with Crippen LogP contribution in [0.4, 0.5) is 5.88 Å². The van der Waals surface area contributed by atoms with Crippen molar-refractivity contribution >= 4 is 35.0 Å². The number of benzene rings is 2. The quantitative estimate of drug-likeness (QED) is 0.337. The topological polar surface area (TPSA) is 77.0 Å². The molecule has 39 heavy (non-hydrogen) atoms. The van der Waals surface area contributed by atoms with Crippen LogP contribution in [0.2, 0.25) is 0 Å². The van der Waals surface area contributed by atoms with Gasteiger partial charge in [0, 0.05) is 30.8 Å². The fourth-order valence-electron chi connectivity index (χ4n) is 5.22. The highest BCUT2D eigenvalue weighted by molar-refractivity contribution is 7.07. The molecule has 0 unspecified atom stereocenters. The van der Waals surface area contributed by atoms with Crippen molar-refractivity contribution in [2.75, 3.05) is 24.6 Å². The molecule has 8 heteroatoms. The monoisotopic (exact) mass is 539 g/mol. The average Bonchev–Trinajstić information content (AvgIpc) is 3.58. The van der Waals surface area contributed by atoms with Crippen LogP contribution in [0.1, 0.15) is 49.1 Å². The molecule has 2 aromatic heterocycles. The smallest absolute Gasteiger partial charge is 0.338 e. The number of rotatable bonds is 6. The molecule has 0 saturated carbocycles. The zero-order chi connectivity index (χ0) is 26.8. The number of carbonyl (C=O) groups excluding carboxylic acids is 1. The van der Waals surface area contributed by atoms with Crippen molar-refractivity contribution < 1.29 is 13.9 Å². The van der Waals surface area contributed by atoms with Gasteiger partial charge in [0.25, 0.3) is 5.56 Å². The van der Waals surface area contributed by atoms with Crippen LogP contribution < -0.4 is 19.8 Å². The first-order valence-electron chi connectivity index (χ1n) is 13.3. The summed E-state index contributed by atoms with van der Waals surface area (Å²) >= 11 is 1.29. The van der Waals surface area contributed by atoms with Crippen LogP contribution in [0, 0.1) is 0 Å². The van der Waals surface area contributed by atoms with Crippen molar-refractivity contribution in [2.45, 2.75) is 32.2 Å². The Kier molecular flexibility index (Phi) is 7.02. The molecule has 1 fully saturated rings. The maximum Gasteiger partial charge on any atom is 0.338 e. The third-order valence-corrected chi connectivity index (χ3v) is 8.03. The molecule has 0 aliphatic carbocycles. The Morgan fingerprint density at radius 1 is 1.03 bits per heavy atom. The van der Waals surface area contributed by atoms with Crippen molar-refractivity contribution in [3.63, 3.8) is 0 Å². The van der Waals surface area contributed by atoms with Crippen LogP contribution >= 0.6 is 11.3 Å². The minimum atomic E-state index is -0.681. The first-order valence-corrected chi connectivity index (χ1v) is 14.1. The second kappa shape index (κ2) is 10.9. The van der Waals surface area contributed by atoms with Gasteiger partial charge in [0.05, 0.1) is 28.5 Å². The van der Waals surface area contributed by atoms with Gasteiger partial charge in [0.1, 0.15) is 5.76 Å². The summed E-state index contributed by atoms with van der Waals surface area (Å²) in [6.45, 7) is 3.94. The third-order valence-electron chi connectivity index (χ3n) is 7.04. The SMILES string of the molecule is CCOC(=O)C1=C(c2ccccc2)N=c2s/c(=C\c3ccc(N4CCCCC4)o3)c(=O)n2[C@H]1c1ccccc1. The van der Waals surface area contributed by atoms with E-state index in [4.69, 9.17) is 14.1 Å². The van der Waals surface area contributed by atoms with Gasteiger partial charge in [-0.2, -0.15) is 0 Å². The van der Waals surface area contributed by atoms with Crippen molar-refractivity contribution in [1.82, 2.24) is 4.57 Å². The lowest BCUT2D eigenvalue weighted by Gasteiger charge is -2.25. The van der Waals surface area contributed by atoms with E-state index in [1.54, 1.807) is 17.6 Å². The summed E-state index contributed by atoms with van der Waals surface area (Å²) in [6, 6.07) is 22.3. The molecule has 2 aliphatic heterocycles. The lowest BCUT2D eigenvalue weighted by atomic mass is 9.93. The summed E-state index contributed by atoms with van der Waals surface area (Å²) < 4.78 is 13.7. The number of piperidine rings is 1. The molecule has 0 bridgehead atoms. The Balaban J connectivity index is 1.53. The van der Waals surface area contributed by atoms with Crippen molar-refractivity contribution in [3.05, 3.63) is 115 Å². The van der Waals surface area contributed by atoms with Crippen LogP contribution in [0.25, 0.3) is 11.8 Å². The van der Waals surface area contributed by atoms with Gasteiger partial charge >= 0.3 is 5.97 Å². The Morgan fingerprint density at radius 3 is 2.46 bits per heavy atom. The molecule has 4 aromatic rings. The van der Waals surface area contributed by atoms with Crippen molar-refractivity contribution in [1.29, 1.82) is 0 Å². The number of hydrogen-bond acceptors (Lipinski definition) is 7.